The molecule has 0 spiro atoms. The van der Waals surface area contributed by atoms with Gasteiger partial charge in [0.25, 0.3) is 0 Å². The third kappa shape index (κ3) is 4.84. The van der Waals surface area contributed by atoms with Gasteiger partial charge in [-0.1, -0.05) is 58.2 Å². The Kier molecular flexibility index (Phi) is 5.84. The van der Waals surface area contributed by atoms with Gasteiger partial charge in [0, 0.05) is 0 Å². The Morgan fingerprint density at radius 1 is 0.917 bits per heavy atom. The molecular weight excluding hydrogens is 316 g/mol. The summed E-state index contributed by atoms with van der Waals surface area (Å²) in [6.07, 6.45) is 6.92. The average molecular weight is 351 g/mol. The first-order valence-corrected chi connectivity index (χ1v) is 10.8. The lowest BCUT2D eigenvalue weighted by Crippen LogP contribution is -2.35. The molecule has 1 aromatic rings. The minimum Gasteiger partial charge on any atom is -0.223 e. The highest BCUT2D eigenvalue weighted by Gasteiger charge is 2.39. The normalized spacial score (nSPS) is 23.2. The van der Waals surface area contributed by atoms with Gasteiger partial charge in [0.1, 0.15) is 0 Å². The van der Waals surface area contributed by atoms with Gasteiger partial charge in [-0.2, -0.15) is 0 Å². The summed E-state index contributed by atoms with van der Waals surface area (Å²) in [7, 11) is -3.29. The SMILES string of the molecule is CC(C)(C)CC1CCCC(CC(C)(C)S(=O)(=O)c2ccccc2)C1. The van der Waals surface area contributed by atoms with Crippen LogP contribution < -0.4 is 0 Å². The van der Waals surface area contributed by atoms with Crippen LogP contribution in [0, 0.1) is 17.3 Å². The molecule has 0 saturated heterocycles. The molecule has 0 heterocycles. The maximum Gasteiger partial charge on any atom is 0.183 e. The van der Waals surface area contributed by atoms with Crippen LogP contribution in [0.25, 0.3) is 0 Å². The monoisotopic (exact) mass is 350 g/mol. The van der Waals surface area contributed by atoms with Crippen molar-refractivity contribution in [1.82, 2.24) is 0 Å². The summed E-state index contributed by atoms with van der Waals surface area (Å²) in [5.41, 5.74) is 0.359. The fraction of sp³-hybridized carbons (Fsp3) is 0.714. The van der Waals surface area contributed by atoms with E-state index < -0.39 is 14.6 Å². The van der Waals surface area contributed by atoms with Crippen molar-refractivity contribution in [2.24, 2.45) is 17.3 Å². The molecular formula is C21H34O2S. The molecule has 0 N–H and O–H groups in total. The molecule has 1 saturated carbocycles. The zero-order chi connectivity index (χ0) is 18.0. The minimum atomic E-state index is -3.29. The summed E-state index contributed by atoms with van der Waals surface area (Å²) < 4.78 is 25.4. The Bertz CT molecular complexity index is 624. The summed E-state index contributed by atoms with van der Waals surface area (Å²) in [4.78, 5) is 0.456. The lowest BCUT2D eigenvalue weighted by molar-refractivity contribution is 0.184. The molecule has 1 aromatic carbocycles. The third-order valence-corrected chi connectivity index (χ3v) is 7.87. The van der Waals surface area contributed by atoms with Gasteiger partial charge in [-0.3, -0.25) is 0 Å². The van der Waals surface area contributed by atoms with Gasteiger partial charge in [-0.25, -0.2) is 8.42 Å². The van der Waals surface area contributed by atoms with Crippen LogP contribution in [0.15, 0.2) is 35.2 Å². The lowest BCUT2D eigenvalue weighted by atomic mass is 9.72. The summed E-state index contributed by atoms with van der Waals surface area (Å²) in [5.74, 6) is 1.28. The second-order valence-electron chi connectivity index (χ2n) is 9.44. The fourth-order valence-corrected chi connectivity index (χ4v) is 5.97. The molecule has 3 heteroatoms. The molecule has 136 valence electrons. The number of hydrogen-bond donors (Lipinski definition) is 0. The van der Waals surface area contributed by atoms with E-state index in [0.717, 1.165) is 12.3 Å². The van der Waals surface area contributed by atoms with E-state index in [4.69, 9.17) is 0 Å². The molecule has 24 heavy (non-hydrogen) atoms. The highest BCUT2D eigenvalue weighted by molar-refractivity contribution is 7.92. The predicted molar refractivity (Wildman–Crippen MR) is 102 cm³/mol. The second-order valence-corrected chi connectivity index (χ2v) is 12.0. The van der Waals surface area contributed by atoms with Gasteiger partial charge in [0.15, 0.2) is 9.84 Å². The van der Waals surface area contributed by atoms with Crippen molar-refractivity contribution >= 4 is 9.84 Å². The molecule has 2 unspecified atom stereocenters. The Morgan fingerprint density at radius 2 is 1.46 bits per heavy atom. The van der Waals surface area contributed by atoms with Crippen LogP contribution >= 0.6 is 0 Å². The molecule has 0 amide bonds. The number of benzene rings is 1. The van der Waals surface area contributed by atoms with E-state index in [2.05, 4.69) is 20.8 Å². The van der Waals surface area contributed by atoms with Crippen LogP contribution in [0.4, 0.5) is 0 Å². The topological polar surface area (TPSA) is 34.1 Å². The molecule has 0 radical (unpaired) electrons. The molecule has 2 rings (SSSR count). The van der Waals surface area contributed by atoms with Crippen LogP contribution in [-0.4, -0.2) is 13.2 Å². The molecule has 1 aliphatic carbocycles. The first-order valence-electron chi connectivity index (χ1n) is 9.31. The van der Waals surface area contributed by atoms with Gasteiger partial charge >= 0.3 is 0 Å². The second kappa shape index (κ2) is 7.19. The molecule has 0 aliphatic heterocycles. The van der Waals surface area contributed by atoms with E-state index >= 15 is 0 Å². The van der Waals surface area contributed by atoms with Crippen molar-refractivity contribution in [2.75, 3.05) is 0 Å². The van der Waals surface area contributed by atoms with Gasteiger partial charge in [-0.05, 0) is 62.5 Å². The van der Waals surface area contributed by atoms with Crippen LogP contribution in [0.3, 0.4) is 0 Å². The van der Waals surface area contributed by atoms with E-state index in [1.165, 1.54) is 32.1 Å². The highest BCUT2D eigenvalue weighted by atomic mass is 32.2. The molecule has 2 atom stereocenters. The zero-order valence-corrected chi connectivity index (χ0v) is 16.8. The predicted octanol–water partition coefficient (Wildman–Crippen LogP) is 5.87. The van der Waals surface area contributed by atoms with Crippen molar-refractivity contribution < 1.29 is 8.42 Å². The Labute approximate surface area is 149 Å². The first-order chi connectivity index (χ1) is 11.0. The van der Waals surface area contributed by atoms with Crippen molar-refractivity contribution in [2.45, 2.75) is 82.8 Å². The Morgan fingerprint density at radius 3 is 2.00 bits per heavy atom. The molecule has 0 aromatic heterocycles. The summed E-state index contributed by atoms with van der Waals surface area (Å²) >= 11 is 0. The largest absolute Gasteiger partial charge is 0.223 e. The van der Waals surface area contributed by atoms with Gasteiger partial charge in [0.2, 0.25) is 0 Å². The first kappa shape index (κ1) is 19.5. The quantitative estimate of drug-likeness (QED) is 0.665. The fourth-order valence-electron chi connectivity index (χ4n) is 4.36. The third-order valence-electron chi connectivity index (χ3n) is 5.35. The van der Waals surface area contributed by atoms with Crippen LogP contribution in [0.1, 0.15) is 73.1 Å². The molecule has 0 bridgehead atoms. The van der Waals surface area contributed by atoms with Crippen molar-refractivity contribution in [1.29, 1.82) is 0 Å². The number of sulfone groups is 1. The Balaban J connectivity index is 2.08. The number of rotatable bonds is 5. The average Bonchev–Trinajstić information content (AvgIpc) is 2.46. The van der Waals surface area contributed by atoms with Crippen molar-refractivity contribution in [3.05, 3.63) is 30.3 Å². The maximum absolute atomic E-state index is 13.0. The number of hydrogen-bond acceptors (Lipinski definition) is 2. The summed E-state index contributed by atoms with van der Waals surface area (Å²) in [6.45, 7) is 10.7. The summed E-state index contributed by atoms with van der Waals surface area (Å²) in [5, 5.41) is 0. The maximum atomic E-state index is 13.0. The Hall–Kier alpha value is -0.830. The highest BCUT2D eigenvalue weighted by Crippen LogP contribution is 2.41. The van der Waals surface area contributed by atoms with E-state index in [9.17, 15) is 8.42 Å². The molecule has 1 fully saturated rings. The van der Waals surface area contributed by atoms with Crippen LogP contribution in [-0.2, 0) is 9.84 Å². The minimum absolute atomic E-state index is 0.359. The van der Waals surface area contributed by atoms with Crippen molar-refractivity contribution in [3.63, 3.8) is 0 Å². The standard InChI is InChI=1S/C21H34O2S/c1-20(2,3)15-17-10-9-11-18(14-17)16-21(4,5)24(22,23)19-12-7-6-8-13-19/h6-8,12-13,17-18H,9-11,14-16H2,1-5H3. The molecule has 1 aliphatic rings. The van der Waals surface area contributed by atoms with E-state index in [-0.39, 0.29) is 0 Å². The lowest BCUT2D eigenvalue weighted by Gasteiger charge is -2.36. The van der Waals surface area contributed by atoms with Gasteiger partial charge in [0.05, 0.1) is 9.64 Å². The summed E-state index contributed by atoms with van der Waals surface area (Å²) in [6, 6.07) is 8.93. The van der Waals surface area contributed by atoms with Gasteiger partial charge in [-0.15, -0.1) is 0 Å². The smallest absolute Gasteiger partial charge is 0.183 e. The van der Waals surface area contributed by atoms with E-state index in [1.54, 1.807) is 12.1 Å². The van der Waals surface area contributed by atoms with Crippen molar-refractivity contribution in [3.8, 4) is 0 Å². The van der Waals surface area contributed by atoms with E-state index in [1.807, 2.05) is 32.0 Å². The van der Waals surface area contributed by atoms with Gasteiger partial charge < -0.3 is 0 Å². The van der Waals surface area contributed by atoms with E-state index in [0.29, 0.717) is 16.2 Å². The molecule has 2 nitrogen and oxygen atoms in total. The zero-order valence-electron chi connectivity index (χ0n) is 16.0. The van der Waals surface area contributed by atoms with Crippen LogP contribution in [0.2, 0.25) is 0 Å². The van der Waals surface area contributed by atoms with Crippen LogP contribution in [0.5, 0.6) is 0 Å².